The third-order valence-corrected chi connectivity index (χ3v) is 4.49. The van der Waals surface area contributed by atoms with Gasteiger partial charge in [-0.15, -0.1) is 0 Å². The van der Waals surface area contributed by atoms with E-state index in [0.29, 0.717) is 6.04 Å². The standard InChI is InChI=1S/C14H21BrN2/c1-11-6-7-12(9-14(11)15)16-10-13-5-3-4-8-17(13)2/h6-7,9,13,16H,3-5,8,10H2,1-2H3. The van der Waals surface area contributed by atoms with E-state index in [9.17, 15) is 0 Å². The van der Waals surface area contributed by atoms with Crippen LogP contribution in [-0.2, 0) is 0 Å². The second-order valence-electron chi connectivity index (χ2n) is 4.98. The van der Waals surface area contributed by atoms with Gasteiger partial charge in [-0.3, -0.25) is 0 Å². The molecule has 2 rings (SSSR count). The summed E-state index contributed by atoms with van der Waals surface area (Å²) in [6.45, 7) is 4.40. The third-order valence-electron chi connectivity index (χ3n) is 3.64. The highest BCUT2D eigenvalue weighted by molar-refractivity contribution is 9.10. The maximum absolute atomic E-state index is 3.57. The van der Waals surface area contributed by atoms with Crippen molar-refractivity contribution < 1.29 is 0 Å². The van der Waals surface area contributed by atoms with Crippen LogP contribution in [0.15, 0.2) is 22.7 Å². The highest BCUT2D eigenvalue weighted by Crippen LogP contribution is 2.21. The summed E-state index contributed by atoms with van der Waals surface area (Å²) in [5, 5.41) is 3.54. The quantitative estimate of drug-likeness (QED) is 0.916. The lowest BCUT2D eigenvalue weighted by Gasteiger charge is -2.32. The Bertz CT molecular complexity index is 378. The molecular formula is C14H21BrN2. The van der Waals surface area contributed by atoms with Crippen LogP contribution in [0.25, 0.3) is 0 Å². The van der Waals surface area contributed by atoms with Crippen LogP contribution in [-0.4, -0.2) is 31.1 Å². The van der Waals surface area contributed by atoms with E-state index in [4.69, 9.17) is 0 Å². The van der Waals surface area contributed by atoms with Crippen LogP contribution >= 0.6 is 15.9 Å². The summed E-state index contributed by atoms with van der Waals surface area (Å²) in [7, 11) is 2.23. The lowest BCUT2D eigenvalue weighted by Crippen LogP contribution is -2.40. The van der Waals surface area contributed by atoms with E-state index in [1.807, 2.05) is 0 Å². The number of halogens is 1. The van der Waals surface area contributed by atoms with Gasteiger partial charge in [0, 0.05) is 22.7 Å². The molecule has 0 aromatic heterocycles. The smallest absolute Gasteiger partial charge is 0.0352 e. The van der Waals surface area contributed by atoms with Crippen molar-refractivity contribution in [3.05, 3.63) is 28.2 Å². The van der Waals surface area contributed by atoms with Gasteiger partial charge in [0.05, 0.1) is 0 Å². The van der Waals surface area contributed by atoms with E-state index < -0.39 is 0 Å². The van der Waals surface area contributed by atoms with Crippen molar-refractivity contribution in [2.45, 2.75) is 32.2 Å². The van der Waals surface area contributed by atoms with Crippen molar-refractivity contribution in [1.82, 2.24) is 4.90 Å². The molecule has 1 aromatic carbocycles. The first-order valence-electron chi connectivity index (χ1n) is 6.37. The Kier molecular flexibility index (Phi) is 4.46. The molecule has 1 heterocycles. The number of likely N-dealkylation sites (N-methyl/N-ethyl adjacent to an activating group) is 1. The largest absolute Gasteiger partial charge is 0.383 e. The van der Waals surface area contributed by atoms with E-state index in [-0.39, 0.29) is 0 Å². The average Bonchev–Trinajstić information content (AvgIpc) is 2.32. The van der Waals surface area contributed by atoms with Crippen molar-refractivity contribution in [3.63, 3.8) is 0 Å². The van der Waals surface area contributed by atoms with E-state index in [1.165, 1.54) is 41.5 Å². The molecule has 0 amide bonds. The highest BCUT2D eigenvalue weighted by atomic mass is 79.9. The van der Waals surface area contributed by atoms with Gasteiger partial charge in [0.25, 0.3) is 0 Å². The van der Waals surface area contributed by atoms with E-state index in [0.717, 1.165) is 6.54 Å². The van der Waals surface area contributed by atoms with Crippen molar-refractivity contribution >= 4 is 21.6 Å². The van der Waals surface area contributed by atoms with Crippen LogP contribution in [0, 0.1) is 6.92 Å². The molecular weight excluding hydrogens is 276 g/mol. The molecule has 17 heavy (non-hydrogen) atoms. The predicted octanol–water partition coefficient (Wildman–Crippen LogP) is 3.65. The summed E-state index contributed by atoms with van der Waals surface area (Å²) in [5.74, 6) is 0. The summed E-state index contributed by atoms with van der Waals surface area (Å²) in [5.41, 5.74) is 2.49. The lowest BCUT2D eigenvalue weighted by molar-refractivity contribution is 0.194. The van der Waals surface area contributed by atoms with Gasteiger partial charge in [-0.2, -0.15) is 0 Å². The Labute approximate surface area is 113 Å². The molecule has 0 radical (unpaired) electrons. The summed E-state index contributed by atoms with van der Waals surface area (Å²) < 4.78 is 1.18. The van der Waals surface area contributed by atoms with Crippen LogP contribution in [0.4, 0.5) is 5.69 Å². The van der Waals surface area contributed by atoms with Gasteiger partial charge in [0.1, 0.15) is 0 Å². The maximum atomic E-state index is 3.57. The number of piperidine rings is 1. The van der Waals surface area contributed by atoms with E-state index in [1.54, 1.807) is 0 Å². The van der Waals surface area contributed by atoms with E-state index >= 15 is 0 Å². The summed E-state index contributed by atoms with van der Waals surface area (Å²) in [6, 6.07) is 7.15. The SMILES string of the molecule is Cc1ccc(NCC2CCCCN2C)cc1Br. The Morgan fingerprint density at radius 3 is 2.94 bits per heavy atom. The van der Waals surface area contributed by atoms with Gasteiger partial charge in [-0.25, -0.2) is 0 Å². The fraction of sp³-hybridized carbons (Fsp3) is 0.571. The van der Waals surface area contributed by atoms with Crippen LogP contribution in [0.3, 0.4) is 0 Å². The molecule has 0 aliphatic carbocycles. The molecule has 3 heteroatoms. The number of nitrogens with one attached hydrogen (secondary N) is 1. The fourth-order valence-corrected chi connectivity index (χ4v) is 2.72. The van der Waals surface area contributed by atoms with Gasteiger partial charge in [0.15, 0.2) is 0 Å². The molecule has 1 aliphatic rings. The molecule has 1 unspecified atom stereocenters. The third kappa shape index (κ3) is 3.46. The van der Waals surface area contributed by atoms with Crippen LogP contribution < -0.4 is 5.32 Å². The zero-order valence-electron chi connectivity index (χ0n) is 10.7. The number of benzene rings is 1. The number of hydrogen-bond donors (Lipinski definition) is 1. The van der Waals surface area contributed by atoms with Gasteiger partial charge in [0.2, 0.25) is 0 Å². The predicted molar refractivity (Wildman–Crippen MR) is 77.6 cm³/mol. The topological polar surface area (TPSA) is 15.3 Å². The van der Waals surface area contributed by atoms with Crippen molar-refractivity contribution in [1.29, 1.82) is 0 Å². The number of aryl methyl sites for hydroxylation is 1. The molecule has 0 bridgehead atoms. The minimum atomic E-state index is 0.684. The fourth-order valence-electron chi connectivity index (χ4n) is 2.34. The molecule has 0 spiro atoms. The van der Waals surface area contributed by atoms with Gasteiger partial charge in [-0.1, -0.05) is 28.4 Å². The minimum absolute atomic E-state index is 0.684. The molecule has 2 nitrogen and oxygen atoms in total. The number of anilines is 1. The minimum Gasteiger partial charge on any atom is -0.383 e. The van der Waals surface area contributed by atoms with Crippen molar-refractivity contribution in [2.24, 2.45) is 0 Å². The Balaban J connectivity index is 1.90. The monoisotopic (exact) mass is 296 g/mol. The first-order chi connectivity index (χ1) is 8.16. The Morgan fingerprint density at radius 1 is 1.41 bits per heavy atom. The lowest BCUT2D eigenvalue weighted by atomic mass is 10.0. The van der Waals surface area contributed by atoms with Gasteiger partial charge >= 0.3 is 0 Å². The first-order valence-corrected chi connectivity index (χ1v) is 7.16. The number of likely N-dealkylation sites (tertiary alicyclic amines) is 1. The molecule has 1 fully saturated rings. The van der Waals surface area contributed by atoms with Crippen LogP contribution in [0.5, 0.6) is 0 Å². The summed E-state index contributed by atoms with van der Waals surface area (Å²) >= 11 is 3.57. The number of nitrogens with zero attached hydrogens (tertiary/aromatic N) is 1. The molecule has 1 N–H and O–H groups in total. The van der Waals surface area contributed by atoms with Gasteiger partial charge < -0.3 is 10.2 Å². The van der Waals surface area contributed by atoms with Gasteiger partial charge in [-0.05, 0) is 51.1 Å². The summed E-state index contributed by atoms with van der Waals surface area (Å²) in [6.07, 6.45) is 4.04. The normalized spacial score (nSPS) is 21.5. The second kappa shape index (κ2) is 5.87. The van der Waals surface area contributed by atoms with Crippen molar-refractivity contribution in [2.75, 3.05) is 25.5 Å². The summed E-state index contributed by atoms with van der Waals surface area (Å²) in [4.78, 5) is 2.47. The number of rotatable bonds is 3. The maximum Gasteiger partial charge on any atom is 0.0352 e. The van der Waals surface area contributed by atoms with Crippen LogP contribution in [0.1, 0.15) is 24.8 Å². The molecule has 94 valence electrons. The molecule has 0 saturated carbocycles. The molecule has 1 aromatic rings. The zero-order chi connectivity index (χ0) is 12.3. The Morgan fingerprint density at radius 2 is 2.24 bits per heavy atom. The Hall–Kier alpha value is -0.540. The average molecular weight is 297 g/mol. The van der Waals surface area contributed by atoms with Crippen molar-refractivity contribution in [3.8, 4) is 0 Å². The van der Waals surface area contributed by atoms with Crippen LogP contribution in [0.2, 0.25) is 0 Å². The highest BCUT2D eigenvalue weighted by Gasteiger charge is 2.18. The molecule has 1 atom stereocenters. The van der Waals surface area contributed by atoms with E-state index in [2.05, 4.69) is 58.3 Å². The second-order valence-corrected chi connectivity index (χ2v) is 5.83. The first kappa shape index (κ1) is 12.9. The molecule has 1 saturated heterocycles. The molecule has 1 aliphatic heterocycles. The zero-order valence-corrected chi connectivity index (χ0v) is 12.3. The number of hydrogen-bond acceptors (Lipinski definition) is 2.